The quantitative estimate of drug-likeness (QED) is 0.657. The van der Waals surface area contributed by atoms with Crippen LogP contribution < -0.4 is 4.74 Å². The maximum Gasteiger partial charge on any atom is 0.295 e. The van der Waals surface area contributed by atoms with Crippen molar-refractivity contribution in [3.63, 3.8) is 0 Å². The van der Waals surface area contributed by atoms with E-state index < -0.39 is 5.91 Å². The molecule has 1 aromatic heterocycles. The largest absolute Gasteiger partial charge is 0.497 e. The van der Waals surface area contributed by atoms with Crippen LogP contribution in [0.15, 0.2) is 52.7 Å². The normalized spacial score (nSPS) is 11.3. The van der Waals surface area contributed by atoms with Crippen molar-refractivity contribution < 1.29 is 14.6 Å². The highest BCUT2D eigenvalue weighted by Crippen LogP contribution is 2.40. The van der Waals surface area contributed by atoms with Crippen molar-refractivity contribution in [2.24, 2.45) is 10.2 Å². The van der Waals surface area contributed by atoms with E-state index in [2.05, 4.69) is 10.2 Å². The standard InChI is InChI=1S/C20H21N3O3/c1-4-11-23-17-10-9-15(26-3)12-16(17)18(20(23)25)21-22-19(24)14-7-5-13(2)6-8-14/h5-10,12,25H,4,11H2,1-3H3. The predicted octanol–water partition coefficient (Wildman–Crippen LogP) is 5.00. The first-order valence-electron chi connectivity index (χ1n) is 8.47. The van der Waals surface area contributed by atoms with E-state index >= 15 is 0 Å². The highest BCUT2D eigenvalue weighted by molar-refractivity contribution is 5.98. The molecule has 0 atom stereocenters. The Labute approximate surface area is 151 Å². The minimum absolute atomic E-state index is 0.00411. The Morgan fingerprint density at radius 3 is 2.58 bits per heavy atom. The molecule has 0 aliphatic carbocycles. The van der Waals surface area contributed by atoms with E-state index in [-0.39, 0.29) is 11.6 Å². The molecule has 1 amide bonds. The van der Waals surface area contributed by atoms with Crippen molar-refractivity contribution in [2.45, 2.75) is 26.8 Å². The summed E-state index contributed by atoms with van der Waals surface area (Å²) in [5, 5.41) is 19.1. The van der Waals surface area contributed by atoms with Crippen molar-refractivity contribution in [2.75, 3.05) is 7.11 Å². The van der Waals surface area contributed by atoms with E-state index in [0.717, 1.165) is 17.5 Å². The Balaban J connectivity index is 2.04. The van der Waals surface area contributed by atoms with Crippen molar-refractivity contribution in [3.8, 4) is 11.6 Å². The number of hydrogen-bond donors (Lipinski definition) is 1. The van der Waals surface area contributed by atoms with Gasteiger partial charge in [-0.05, 0) is 43.7 Å². The Kier molecular flexibility index (Phi) is 5.02. The molecular weight excluding hydrogens is 330 g/mol. The Hall–Kier alpha value is -3.15. The Bertz CT molecular complexity index is 972. The summed E-state index contributed by atoms with van der Waals surface area (Å²) >= 11 is 0. The fourth-order valence-corrected chi connectivity index (χ4v) is 2.83. The van der Waals surface area contributed by atoms with Gasteiger partial charge in [-0.15, -0.1) is 10.2 Å². The fourth-order valence-electron chi connectivity index (χ4n) is 2.83. The molecule has 6 nitrogen and oxygen atoms in total. The number of rotatable bonds is 5. The number of nitrogens with zero attached hydrogens (tertiary/aromatic N) is 3. The van der Waals surface area contributed by atoms with Crippen LogP contribution >= 0.6 is 0 Å². The van der Waals surface area contributed by atoms with Crippen molar-refractivity contribution in [1.82, 2.24) is 4.57 Å². The van der Waals surface area contributed by atoms with Crippen LogP contribution in [0.25, 0.3) is 10.9 Å². The van der Waals surface area contributed by atoms with Crippen LogP contribution in [0.3, 0.4) is 0 Å². The zero-order valence-electron chi connectivity index (χ0n) is 15.1. The molecule has 3 rings (SSSR count). The van der Waals surface area contributed by atoms with Gasteiger partial charge < -0.3 is 14.4 Å². The Morgan fingerprint density at radius 2 is 1.92 bits per heavy atom. The minimum atomic E-state index is -0.455. The molecule has 0 fully saturated rings. The van der Waals surface area contributed by atoms with E-state index in [0.29, 0.717) is 23.2 Å². The summed E-state index contributed by atoms with van der Waals surface area (Å²) in [6.45, 7) is 4.61. The zero-order chi connectivity index (χ0) is 18.7. The average molecular weight is 351 g/mol. The summed E-state index contributed by atoms with van der Waals surface area (Å²) in [5.74, 6) is 0.187. The molecule has 0 bridgehead atoms. The molecule has 0 aliphatic heterocycles. The molecule has 1 heterocycles. The summed E-state index contributed by atoms with van der Waals surface area (Å²) in [6, 6.07) is 12.6. The number of carbonyl (C=O) groups is 1. The molecule has 1 N–H and O–H groups in total. The lowest BCUT2D eigenvalue weighted by Gasteiger charge is -2.04. The number of fused-ring (bicyclic) bond motifs is 1. The summed E-state index contributed by atoms with van der Waals surface area (Å²) in [5.41, 5.74) is 2.61. The van der Waals surface area contributed by atoms with Crippen LogP contribution in [0.1, 0.15) is 29.3 Å². The lowest BCUT2D eigenvalue weighted by molar-refractivity contribution is 0.0995. The van der Waals surface area contributed by atoms with E-state index in [1.807, 2.05) is 38.1 Å². The van der Waals surface area contributed by atoms with E-state index in [9.17, 15) is 9.90 Å². The number of hydrogen-bond acceptors (Lipinski definition) is 4. The van der Waals surface area contributed by atoms with Crippen LogP contribution in [-0.2, 0) is 6.54 Å². The molecule has 0 unspecified atom stereocenters. The third-order valence-corrected chi connectivity index (χ3v) is 4.20. The third kappa shape index (κ3) is 3.31. The monoisotopic (exact) mass is 351 g/mol. The lowest BCUT2D eigenvalue weighted by atomic mass is 10.1. The van der Waals surface area contributed by atoms with Crippen LogP contribution in [-0.4, -0.2) is 22.7 Å². The van der Waals surface area contributed by atoms with Crippen LogP contribution in [0.5, 0.6) is 11.6 Å². The van der Waals surface area contributed by atoms with Gasteiger partial charge in [0.15, 0.2) is 5.69 Å². The molecule has 3 aromatic rings. The minimum Gasteiger partial charge on any atom is -0.497 e. The Morgan fingerprint density at radius 1 is 1.19 bits per heavy atom. The number of ether oxygens (including phenoxy) is 1. The topological polar surface area (TPSA) is 76.2 Å². The van der Waals surface area contributed by atoms with Gasteiger partial charge in [-0.25, -0.2) is 0 Å². The van der Waals surface area contributed by atoms with Crippen molar-refractivity contribution in [1.29, 1.82) is 0 Å². The summed E-state index contributed by atoms with van der Waals surface area (Å²) in [7, 11) is 1.58. The molecule has 0 spiro atoms. The molecule has 0 radical (unpaired) electrons. The number of aryl methyl sites for hydroxylation is 2. The van der Waals surface area contributed by atoms with Gasteiger partial charge in [0.25, 0.3) is 5.91 Å². The second-order valence-electron chi connectivity index (χ2n) is 6.08. The van der Waals surface area contributed by atoms with Crippen molar-refractivity contribution in [3.05, 3.63) is 53.6 Å². The number of aromatic nitrogens is 1. The van der Waals surface area contributed by atoms with Gasteiger partial charge in [0.2, 0.25) is 5.88 Å². The molecule has 134 valence electrons. The first kappa shape index (κ1) is 17.7. The molecule has 26 heavy (non-hydrogen) atoms. The third-order valence-electron chi connectivity index (χ3n) is 4.20. The molecule has 0 aliphatic rings. The maximum absolute atomic E-state index is 12.3. The van der Waals surface area contributed by atoms with Gasteiger partial charge in [-0.2, -0.15) is 0 Å². The van der Waals surface area contributed by atoms with Crippen LogP contribution in [0.4, 0.5) is 5.69 Å². The van der Waals surface area contributed by atoms with E-state index in [1.165, 1.54) is 0 Å². The average Bonchev–Trinajstić information content (AvgIpc) is 2.91. The van der Waals surface area contributed by atoms with Crippen molar-refractivity contribution >= 4 is 22.5 Å². The van der Waals surface area contributed by atoms with E-state index in [4.69, 9.17) is 4.74 Å². The zero-order valence-corrected chi connectivity index (χ0v) is 15.1. The van der Waals surface area contributed by atoms with Gasteiger partial charge in [0.1, 0.15) is 5.75 Å². The molecular formula is C20H21N3O3. The van der Waals surface area contributed by atoms with Crippen LogP contribution in [0.2, 0.25) is 0 Å². The first-order valence-corrected chi connectivity index (χ1v) is 8.47. The van der Waals surface area contributed by atoms with Crippen LogP contribution in [0, 0.1) is 6.92 Å². The number of amides is 1. The maximum atomic E-state index is 12.3. The van der Waals surface area contributed by atoms with Gasteiger partial charge in [-0.1, -0.05) is 24.6 Å². The second kappa shape index (κ2) is 7.39. The molecule has 0 saturated heterocycles. The summed E-state index contributed by atoms with van der Waals surface area (Å²) in [6.07, 6.45) is 0.849. The highest BCUT2D eigenvalue weighted by atomic mass is 16.5. The second-order valence-corrected chi connectivity index (χ2v) is 6.08. The van der Waals surface area contributed by atoms with Gasteiger partial charge in [-0.3, -0.25) is 4.79 Å². The number of azo groups is 1. The number of methoxy groups -OCH3 is 1. The first-order chi connectivity index (χ1) is 12.5. The van der Waals surface area contributed by atoms with Gasteiger partial charge in [0.05, 0.1) is 12.6 Å². The van der Waals surface area contributed by atoms with E-state index in [1.54, 1.807) is 29.9 Å². The summed E-state index contributed by atoms with van der Waals surface area (Å²) < 4.78 is 7.03. The van der Waals surface area contributed by atoms with Gasteiger partial charge in [0, 0.05) is 17.5 Å². The molecule has 6 heteroatoms. The highest BCUT2D eigenvalue weighted by Gasteiger charge is 2.17. The summed E-state index contributed by atoms with van der Waals surface area (Å²) in [4.78, 5) is 12.3. The predicted molar refractivity (Wildman–Crippen MR) is 100 cm³/mol. The number of aromatic hydroxyl groups is 1. The lowest BCUT2D eigenvalue weighted by Crippen LogP contribution is -1.95. The molecule has 2 aromatic carbocycles. The SMILES string of the molecule is CCCn1c(O)c(N=NC(=O)c2ccc(C)cc2)c2cc(OC)ccc21. The number of carbonyl (C=O) groups excluding carboxylic acids is 1. The number of benzene rings is 2. The fraction of sp³-hybridized carbons (Fsp3) is 0.250. The molecule has 0 saturated carbocycles. The smallest absolute Gasteiger partial charge is 0.295 e. The van der Waals surface area contributed by atoms with Gasteiger partial charge >= 0.3 is 0 Å².